The minimum Gasteiger partial charge on any atom is -0.481 e. The molecule has 2 N–H and O–H groups in total. The number of carbonyl (C=O) groups excluding carboxylic acids is 2. The molecule has 0 aliphatic carbocycles. The quantitative estimate of drug-likeness (QED) is 0.767. The number of quaternary nitrogens is 1. The molecule has 6 nitrogen and oxygen atoms in total. The number of piperazine rings is 1. The number of amides is 2. The van der Waals surface area contributed by atoms with Gasteiger partial charge in [-0.3, -0.25) is 9.59 Å². The second-order valence-electron chi connectivity index (χ2n) is 8.27. The number of ether oxygens (including phenoxy) is 1. The van der Waals surface area contributed by atoms with E-state index in [1.165, 1.54) is 10.5 Å². The largest absolute Gasteiger partial charge is 0.481 e. The van der Waals surface area contributed by atoms with Crippen LogP contribution in [0.15, 0.2) is 48.5 Å². The van der Waals surface area contributed by atoms with Crippen LogP contribution < -0.4 is 15.0 Å². The molecule has 1 aliphatic rings. The van der Waals surface area contributed by atoms with Gasteiger partial charge in [-0.25, -0.2) is 0 Å². The molecule has 1 aliphatic heterocycles. The SMILES string of the molecule is CC(C)c1ccc(O[C@H](C)C(=O)Nc2ccccc2C(=O)N2CC[NH+](C)CC2)cc1. The van der Waals surface area contributed by atoms with Gasteiger partial charge < -0.3 is 19.9 Å². The van der Waals surface area contributed by atoms with Crippen LogP contribution in [-0.4, -0.2) is 56.0 Å². The number of hydrogen-bond acceptors (Lipinski definition) is 3. The zero-order valence-corrected chi connectivity index (χ0v) is 18.3. The van der Waals surface area contributed by atoms with Gasteiger partial charge in [-0.2, -0.15) is 0 Å². The minimum atomic E-state index is -0.690. The summed E-state index contributed by atoms with van der Waals surface area (Å²) >= 11 is 0. The molecule has 1 saturated heterocycles. The summed E-state index contributed by atoms with van der Waals surface area (Å²) in [6.07, 6.45) is -0.690. The van der Waals surface area contributed by atoms with E-state index in [4.69, 9.17) is 4.74 Å². The average Bonchev–Trinajstić information content (AvgIpc) is 2.74. The highest BCUT2D eigenvalue weighted by atomic mass is 16.5. The van der Waals surface area contributed by atoms with Crippen molar-refractivity contribution in [3.05, 3.63) is 59.7 Å². The fraction of sp³-hybridized carbons (Fsp3) is 0.417. The molecule has 0 radical (unpaired) electrons. The molecule has 160 valence electrons. The fourth-order valence-corrected chi connectivity index (χ4v) is 3.46. The first kappa shape index (κ1) is 21.8. The van der Waals surface area contributed by atoms with Gasteiger partial charge in [-0.1, -0.05) is 38.1 Å². The van der Waals surface area contributed by atoms with E-state index in [-0.39, 0.29) is 11.8 Å². The first-order valence-electron chi connectivity index (χ1n) is 10.6. The van der Waals surface area contributed by atoms with Crippen molar-refractivity contribution < 1.29 is 19.2 Å². The van der Waals surface area contributed by atoms with Crippen LogP contribution in [0.2, 0.25) is 0 Å². The molecule has 1 atom stereocenters. The molecule has 2 aromatic rings. The van der Waals surface area contributed by atoms with Gasteiger partial charge in [0.1, 0.15) is 5.75 Å². The van der Waals surface area contributed by atoms with Crippen molar-refractivity contribution in [2.24, 2.45) is 0 Å². The van der Waals surface area contributed by atoms with Crippen molar-refractivity contribution in [3.63, 3.8) is 0 Å². The zero-order valence-electron chi connectivity index (χ0n) is 18.3. The van der Waals surface area contributed by atoms with Gasteiger partial charge in [0.15, 0.2) is 6.10 Å². The van der Waals surface area contributed by atoms with Crippen LogP contribution in [0, 0.1) is 0 Å². The molecule has 0 aromatic heterocycles. The summed E-state index contributed by atoms with van der Waals surface area (Å²) in [6, 6.07) is 14.9. The molecular weight excluding hydrogens is 378 g/mol. The molecule has 0 bridgehead atoms. The lowest BCUT2D eigenvalue weighted by molar-refractivity contribution is -0.883. The molecule has 2 amide bonds. The van der Waals surface area contributed by atoms with Crippen molar-refractivity contribution in [1.29, 1.82) is 0 Å². The van der Waals surface area contributed by atoms with E-state index >= 15 is 0 Å². The van der Waals surface area contributed by atoms with E-state index in [1.54, 1.807) is 19.1 Å². The topological polar surface area (TPSA) is 63.1 Å². The van der Waals surface area contributed by atoms with Gasteiger partial charge in [0, 0.05) is 0 Å². The molecule has 1 fully saturated rings. The number of benzene rings is 2. The van der Waals surface area contributed by atoms with E-state index < -0.39 is 6.10 Å². The summed E-state index contributed by atoms with van der Waals surface area (Å²) in [6.45, 7) is 9.28. The molecule has 0 unspecified atom stereocenters. The Hall–Kier alpha value is -2.86. The lowest BCUT2D eigenvalue weighted by Crippen LogP contribution is -3.12. The lowest BCUT2D eigenvalue weighted by atomic mass is 10.0. The number of rotatable bonds is 6. The number of anilines is 1. The van der Waals surface area contributed by atoms with Gasteiger partial charge in [0.25, 0.3) is 11.8 Å². The third-order valence-corrected chi connectivity index (χ3v) is 5.55. The monoisotopic (exact) mass is 410 g/mol. The Labute approximate surface area is 178 Å². The average molecular weight is 411 g/mol. The summed E-state index contributed by atoms with van der Waals surface area (Å²) in [5.74, 6) is 0.754. The van der Waals surface area contributed by atoms with E-state index in [0.717, 1.165) is 26.2 Å². The normalized spacial score (nSPS) is 15.7. The summed E-state index contributed by atoms with van der Waals surface area (Å²) in [5, 5.41) is 2.87. The summed E-state index contributed by atoms with van der Waals surface area (Å²) in [5.41, 5.74) is 2.25. The Bertz CT molecular complexity index is 872. The number of nitrogens with one attached hydrogen (secondary N) is 2. The second kappa shape index (κ2) is 9.76. The van der Waals surface area contributed by atoms with Crippen LogP contribution in [0.4, 0.5) is 5.69 Å². The predicted octanol–water partition coefficient (Wildman–Crippen LogP) is 2.19. The van der Waals surface area contributed by atoms with E-state index in [2.05, 4.69) is 26.2 Å². The number of carbonyl (C=O) groups is 2. The molecule has 0 spiro atoms. The highest BCUT2D eigenvalue weighted by Crippen LogP contribution is 2.21. The number of hydrogen-bond donors (Lipinski definition) is 2. The fourth-order valence-electron chi connectivity index (χ4n) is 3.46. The van der Waals surface area contributed by atoms with Crippen molar-refractivity contribution in [1.82, 2.24) is 4.90 Å². The molecule has 30 heavy (non-hydrogen) atoms. The molecule has 1 heterocycles. The van der Waals surface area contributed by atoms with Crippen LogP contribution in [0.3, 0.4) is 0 Å². The Morgan fingerprint density at radius 1 is 1.00 bits per heavy atom. The lowest BCUT2D eigenvalue weighted by Gasteiger charge is -2.30. The van der Waals surface area contributed by atoms with Crippen LogP contribution in [-0.2, 0) is 4.79 Å². The zero-order chi connectivity index (χ0) is 21.7. The van der Waals surface area contributed by atoms with Gasteiger partial charge in [0.05, 0.1) is 44.5 Å². The minimum absolute atomic E-state index is 0.0451. The molecule has 2 aromatic carbocycles. The Balaban J connectivity index is 1.65. The Morgan fingerprint density at radius 3 is 2.27 bits per heavy atom. The summed E-state index contributed by atoms with van der Waals surface area (Å²) in [7, 11) is 2.13. The van der Waals surface area contributed by atoms with E-state index in [9.17, 15) is 9.59 Å². The van der Waals surface area contributed by atoms with Crippen LogP contribution in [0.1, 0.15) is 42.6 Å². The third-order valence-electron chi connectivity index (χ3n) is 5.55. The maximum atomic E-state index is 13.0. The molecule has 6 heteroatoms. The summed E-state index contributed by atoms with van der Waals surface area (Å²) < 4.78 is 5.80. The molecule has 3 rings (SSSR count). The highest BCUT2D eigenvalue weighted by Gasteiger charge is 2.25. The van der Waals surface area contributed by atoms with Crippen LogP contribution in [0.25, 0.3) is 0 Å². The van der Waals surface area contributed by atoms with Crippen LogP contribution in [0.5, 0.6) is 5.75 Å². The maximum Gasteiger partial charge on any atom is 0.265 e. The van der Waals surface area contributed by atoms with Crippen molar-refractivity contribution >= 4 is 17.5 Å². The summed E-state index contributed by atoms with van der Waals surface area (Å²) in [4.78, 5) is 29.0. The Kier molecular flexibility index (Phi) is 7.11. The number of nitrogens with zero attached hydrogens (tertiary/aromatic N) is 1. The third kappa shape index (κ3) is 5.39. The Morgan fingerprint density at radius 2 is 1.63 bits per heavy atom. The smallest absolute Gasteiger partial charge is 0.265 e. The first-order chi connectivity index (χ1) is 14.3. The van der Waals surface area contributed by atoms with Gasteiger partial charge in [-0.05, 0) is 42.7 Å². The first-order valence-corrected chi connectivity index (χ1v) is 10.6. The number of para-hydroxylation sites is 1. The molecular formula is C24H32N3O3+. The van der Waals surface area contributed by atoms with E-state index in [0.29, 0.717) is 22.9 Å². The maximum absolute atomic E-state index is 13.0. The van der Waals surface area contributed by atoms with Gasteiger partial charge in [-0.15, -0.1) is 0 Å². The van der Waals surface area contributed by atoms with E-state index in [1.807, 2.05) is 41.3 Å². The van der Waals surface area contributed by atoms with Crippen molar-refractivity contribution in [2.75, 3.05) is 38.5 Å². The number of likely N-dealkylation sites (N-methyl/N-ethyl adjacent to an activating group) is 1. The molecule has 0 saturated carbocycles. The van der Waals surface area contributed by atoms with Crippen molar-refractivity contribution in [3.8, 4) is 5.75 Å². The van der Waals surface area contributed by atoms with Gasteiger partial charge in [0.2, 0.25) is 0 Å². The second-order valence-corrected chi connectivity index (χ2v) is 8.27. The van der Waals surface area contributed by atoms with Crippen LogP contribution >= 0.6 is 0 Å². The standard InChI is InChI=1S/C24H31N3O3/c1-17(2)19-9-11-20(12-10-19)30-18(3)23(28)25-22-8-6-5-7-21(22)24(29)27-15-13-26(4)14-16-27/h5-12,17-18H,13-16H2,1-4H3,(H,25,28)/p+1/t18-/m1/s1. The van der Waals surface area contributed by atoms with Gasteiger partial charge >= 0.3 is 0 Å². The van der Waals surface area contributed by atoms with Crippen molar-refractivity contribution in [2.45, 2.75) is 32.8 Å². The predicted molar refractivity (Wildman–Crippen MR) is 118 cm³/mol. The highest BCUT2D eigenvalue weighted by molar-refractivity contribution is 6.04.